The Kier molecular flexibility index (Phi) is 3.89. The second kappa shape index (κ2) is 5.40. The predicted octanol–water partition coefficient (Wildman–Crippen LogP) is 1.80. The fraction of sp³-hybridized carbons (Fsp3) is 0.273. The lowest BCUT2D eigenvalue weighted by molar-refractivity contribution is 0.288. The molecule has 2 aromatic rings. The van der Waals surface area contributed by atoms with E-state index in [2.05, 4.69) is 32.9 Å². The molecule has 0 aliphatic heterocycles. The number of benzene rings is 1. The van der Waals surface area contributed by atoms with Crippen LogP contribution in [-0.4, -0.2) is 26.7 Å². The third-order valence-electron chi connectivity index (χ3n) is 2.20. The van der Waals surface area contributed by atoms with Gasteiger partial charge in [0.25, 0.3) is 0 Å². The molecule has 84 valence electrons. The Bertz CT molecular complexity index is 470. The molecule has 1 N–H and O–H groups in total. The van der Waals surface area contributed by atoms with Gasteiger partial charge in [-0.15, -0.1) is 5.10 Å². The van der Waals surface area contributed by atoms with E-state index in [9.17, 15) is 0 Å². The van der Waals surface area contributed by atoms with Gasteiger partial charge in [-0.25, -0.2) is 4.68 Å². The fourth-order valence-electron chi connectivity index (χ4n) is 1.42. The van der Waals surface area contributed by atoms with Crippen molar-refractivity contribution < 1.29 is 5.11 Å². The first kappa shape index (κ1) is 11.5. The van der Waals surface area contributed by atoms with Gasteiger partial charge in [-0.1, -0.05) is 11.3 Å². The Morgan fingerprint density at radius 1 is 1.38 bits per heavy atom. The zero-order chi connectivity index (χ0) is 11.4. The van der Waals surface area contributed by atoms with E-state index in [-0.39, 0.29) is 6.61 Å². The van der Waals surface area contributed by atoms with Gasteiger partial charge in [0.15, 0.2) is 0 Å². The second-order valence-electron chi connectivity index (χ2n) is 3.46. The van der Waals surface area contributed by atoms with Gasteiger partial charge in [-0.05, 0) is 53.6 Å². The molecule has 0 amide bonds. The molecule has 0 spiro atoms. The molecular weight excluding hydrogens is 317 g/mol. The van der Waals surface area contributed by atoms with Crippen molar-refractivity contribution in [2.45, 2.75) is 12.8 Å². The van der Waals surface area contributed by atoms with Gasteiger partial charge in [-0.3, -0.25) is 0 Å². The van der Waals surface area contributed by atoms with Crippen LogP contribution < -0.4 is 0 Å². The number of hydrogen-bond donors (Lipinski definition) is 1. The highest BCUT2D eigenvalue weighted by Gasteiger charge is 2.02. The summed E-state index contributed by atoms with van der Waals surface area (Å²) in [5, 5.41) is 16.9. The normalized spacial score (nSPS) is 10.6. The summed E-state index contributed by atoms with van der Waals surface area (Å²) in [4.78, 5) is 0. The van der Waals surface area contributed by atoms with Crippen LogP contribution in [0.5, 0.6) is 0 Å². The van der Waals surface area contributed by atoms with Gasteiger partial charge in [-0.2, -0.15) is 0 Å². The van der Waals surface area contributed by atoms with Crippen molar-refractivity contribution in [2.24, 2.45) is 0 Å². The number of aliphatic hydroxyl groups is 1. The summed E-state index contributed by atoms with van der Waals surface area (Å²) in [6.07, 6.45) is 3.40. The van der Waals surface area contributed by atoms with Crippen LogP contribution in [0.1, 0.15) is 12.1 Å². The Balaban J connectivity index is 2.18. The molecular formula is C11H12IN3O. The van der Waals surface area contributed by atoms with Gasteiger partial charge >= 0.3 is 0 Å². The average molecular weight is 329 g/mol. The molecule has 4 nitrogen and oxygen atoms in total. The molecule has 16 heavy (non-hydrogen) atoms. The Labute approximate surface area is 107 Å². The van der Waals surface area contributed by atoms with Gasteiger partial charge in [0.2, 0.25) is 0 Å². The molecule has 1 heterocycles. The van der Waals surface area contributed by atoms with E-state index in [1.165, 1.54) is 3.57 Å². The molecule has 0 unspecified atom stereocenters. The molecule has 5 heteroatoms. The van der Waals surface area contributed by atoms with E-state index in [4.69, 9.17) is 5.11 Å². The lowest BCUT2D eigenvalue weighted by Crippen LogP contribution is -1.94. The van der Waals surface area contributed by atoms with Crippen molar-refractivity contribution in [2.75, 3.05) is 6.61 Å². The second-order valence-corrected chi connectivity index (χ2v) is 4.71. The molecule has 0 atom stereocenters. The van der Waals surface area contributed by atoms with Crippen LogP contribution in [0, 0.1) is 3.57 Å². The van der Waals surface area contributed by atoms with E-state index >= 15 is 0 Å². The lowest BCUT2D eigenvalue weighted by atomic mass is 10.2. The summed E-state index contributed by atoms with van der Waals surface area (Å²) in [5.74, 6) is 0. The van der Waals surface area contributed by atoms with Gasteiger partial charge in [0, 0.05) is 10.2 Å². The lowest BCUT2D eigenvalue weighted by Gasteiger charge is -1.99. The fourth-order valence-corrected chi connectivity index (χ4v) is 1.94. The minimum Gasteiger partial charge on any atom is -0.396 e. The van der Waals surface area contributed by atoms with Gasteiger partial charge < -0.3 is 5.11 Å². The molecule has 0 aliphatic carbocycles. The van der Waals surface area contributed by atoms with Crippen molar-refractivity contribution in [3.05, 3.63) is 39.7 Å². The zero-order valence-electron chi connectivity index (χ0n) is 8.67. The maximum atomic E-state index is 8.73. The van der Waals surface area contributed by atoms with Crippen LogP contribution in [0.25, 0.3) is 5.69 Å². The third kappa shape index (κ3) is 2.79. The first-order valence-corrected chi connectivity index (χ1v) is 6.15. The van der Waals surface area contributed by atoms with Crippen LogP contribution in [-0.2, 0) is 6.42 Å². The van der Waals surface area contributed by atoms with E-state index in [0.717, 1.165) is 24.2 Å². The topological polar surface area (TPSA) is 50.9 Å². The smallest absolute Gasteiger partial charge is 0.0832 e. The quantitative estimate of drug-likeness (QED) is 0.871. The first-order chi connectivity index (χ1) is 7.79. The number of halogens is 1. The summed E-state index contributed by atoms with van der Waals surface area (Å²) >= 11 is 2.27. The number of rotatable bonds is 4. The number of aliphatic hydroxyl groups excluding tert-OH is 1. The number of aryl methyl sites for hydroxylation is 1. The van der Waals surface area contributed by atoms with E-state index in [1.807, 2.05) is 30.5 Å². The van der Waals surface area contributed by atoms with Gasteiger partial charge in [0.1, 0.15) is 0 Å². The Morgan fingerprint density at radius 2 is 2.25 bits per heavy atom. The minimum absolute atomic E-state index is 0.191. The van der Waals surface area contributed by atoms with Crippen LogP contribution in [0.4, 0.5) is 0 Å². The maximum absolute atomic E-state index is 8.73. The highest BCUT2D eigenvalue weighted by Crippen LogP contribution is 2.11. The molecule has 0 fully saturated rings. The summed E-state index contributed by atoms with van der Waals surface area (Å²) in [5.41, 5.74) is 1.92. The van der Waals surface area contributed by atoms with Gasteiger partial charge in [0.05, 0.1) is 17.6 Å². The number of hydrogen-bond acceptors (Lipinski definition) is 3. The summed E-state index contributed by atoms with van der Waals surface area (Å²) in [7, 11) is 0. The standard InChI is InChI=1S/C11H12IN3O/c12-9-3-1-5-11(7-9)15-8-10(13-14-15)4-2-6-16/h1,3,5,7-8,16H,2,4,6H2. The summed E-state index contributed by atoms with van der Waals surface area (Å²) in [6, 6.07) is 8.07. The van der Waals surface area contributed by atoms with Crippen molar-refractivity contribution in [3.63, 3.8) is 0 Å². The molecule has 0 aliphatic rings. The van der Waals surface area contributed by atoms with Crippen molar-refractivity contribution in [1.82, 2.24) is 15.0 Å². The molecule has 0 bridgehead atoms. The Hall–Kier alpha value is -0.950. The van der Waals surface area contributed by atoms with Crippen molar-refractivity contribution >= 4 is 22.6 Å². The highest BCUT2D eigenvalue weighted by atomic mass is 127. The SMILES string of the molecule is OCCCc1cn(-c2cccc(I)c2)nn1. The predicted molar refractivity (Wildman–Crippen MR) is 69.5 cm³/mol. The largest absolute Gasteiger partial charge is 0.396 e. The third-order valence-corrected chi connectivity index (χ3v) is 2.88. The summed E-state index contributed by atoms with van der Waals surface area (Å²) in [6.45, 7) is 0.191. The number of aromatic nitrogens is 3. The van der Waals surface area contributed by atoms with Crippen LogP contribution in [0.3, 0.4) is 0 Å². The molecule has 1 aromatic heterocycles. The zero-order valence-corrected chi connectivity index (χ0v) is 10.8. The average Bonchev–Trinajstić information content (AvgIpc) is 2.75. The van der Waals surface area contributed by atoms with Crippen molar-refractivity contribution in [3.8, 4) is 5.69 Å². The van der Waals surface area contributed by atoms with Crippen molar-refractivity contribution in [1.29, 1.82) is 0 Å². The molecule has 0 saturated carbocycles. The Morgan fingerprint density at radius 3 is 3.00 bits per heavy atom. The molecule has 0 radical (unpaired) electrons. The monoisotopic (exact) mass is 329 g/mol. The van der Waals surface area contributed by atoms with E-state index in [1.54, 1.807) is 4.68 Å². The molecule has 2 rings (SSSR count). The van der Waals surface area contributed by atoms with Crippen LogP contribution in [0.2, 0.25) is 0 Å². The summed E-state index contributed by atoms with van der Waals surface area (Å²) < 4.78 is 2.93. The highest BCUT2D eigenvalue weighted by molar-refractivity contribution is 14.1. The van der Waals surface area contributed by atoms with E-state index in [0.29, 0.717) is 0 Å². The minimum atomic E-state index is 0.191. The first-order valence-electron chi connectivity index (χ1n) is 5.07. The van der Waals surface area contributed by atoms with Crippen LogP contribution >= 0.6 is 22.6 Å². The molecule has 0 saturated heterocycles. The number of nitrogens with zero attached hydrogens (tertiary/aromatic N) is 3. The molecule has 1 aromatic carbocycles. The van der Waals surface area contributed by atoms with Crippen LogP contribution in [0.15, 0.2) is 30.5 Å². The maximum Gasteiger partial charge on any atom is 0.0832 e. The van der Waals surface area contributed by atoms with E-state index < -0.39 is 0 Å².